The van der Waals surface area contributed by atoms with Crippen molar-refractivity contribution in [3.05, 3.63) is 35.4 Å². The molecule has 0 spiro atoms. The number of guanidine groups is 1. The Bertz CT molecular complexity index is 511. The van der Waals surface area contributed by atoms with E-state index >= 15 is 0 Å². The van der Waals surface area contributed by atoms with Gasteiger partial charge in [-0.3, -0.25) is 9.89 Å². The lowest BCUT2D eigenvalue weighted by Gasteiger charge is -2.20. The fourth-order valence-electron chi connectivity index (χ4n) is 2.60. The maximum atomic E-state index is 5.46. The van der Waals surface area contributed by atoms with Crippen LogP contribution >= 0.6 is 24.0 Å². The first-order valence-corrected chi connectivity index (χ1v) is 9.55. The van der Waals surface area contributed by atoms with Gasteiger partial charge in [-0.15, -0.1) is 24.0 Å². The molecule has 0 heterocycles. The predicted octanol–water partition coefficient (Wildman–Crippen LogP) is 2.86. The Labute approximate surface area is 182 Å². The monoisotopic (exact) mass is 492 g/mol. The summed E-state index contributed by atoms with van der Waals surface area (Å²) in [7, 11) is 3.48. The van der Waals surface area contributed by atoms with Crippen LogP contribution in [0.25, 0.3) is 0 Å². The van der Waals surface area contributed by atoms with Crippen molar-refractivity contribution >= 4 is 29.9 Å². The third-order valence-corrected chi connectivity index (χ3v) is 4.27. The van der Waals surface area contributed by atoms with Gasteiger partial charge in [-0.2, -0.15) is 0 Å². The zero-order valence-corrected chi connectivity index (χ0v) is 19.6. The molecule has 1 rings (SSSR count). The minimum absolute atomic E-state index is 0. The summed E-state index contributed by atoms with van der Waals surface area (Å²) >= 11 is 0. The molecule has 0 aliphatic heterocycles. The van der Waals surface area contributed by atoms with Crippen molar-refractivity contribution in [2.45, 2.75) is 33.4 Å². The van der Waals surface area contributed by atoms with Gasteiger partial charge < -0.3 is 20.1 Å². The number of rotatable bonds is 13. The highest BCUT2D eigenvalue weighted by molar-refractivity contribution is 14.0. The second-order valence-corrected chi connectivity index (χ2v) is 6.04. The smallest absolute Gasteiger partial charge is 0.191 e. The number of hydrogen-bond acceptors (Lipinski definition) is 4. The summed E-state index contributed by atoms with van der Waals surface area (Å²) in [6, 6.07) is 8.60. The fourth-order valence-corrected chi connectivity index (χ4v) is 2.60. The number of benzene rings is 1. The van der Waals surface area contributed by atoms with E-state index in [1.165, 1.54) is 11.1 Å². The van der Waals surface area contributed by atoms with Crippen LogP contribution in [-0.2, 0) is 22.6 Å². The zero-order chi connectivity index (χ0) is 19.0. The number of ether oxygens (including phenoxy) is 2. The first-order valence-electron chi connectivity index (χ1n) is 9.55. The molecule has 27 heavy (non-hydrogen) atoms. The average molecular weight is 492 g/mol. The van der Waals surface area contributed by atoms with Crippen LogP contribution in [0.4, 0.5) is 0 Å². The van der Waals surface area contributed by atoms with Crippen LogP contribution in [-0.4, -0.2) is 64.5 Å². The molecule has 7 heteroatoms. The molecule has 1 aromatic carbocycles. The van der Waals surface area contributed by atoms with Gasteiger partial charge in [0.05, 0.1) is 13.2 Å². The normalized spacial score (nSPS) is 11.4. The molecule has 0 radical (unpaired) electrons. The van der Waals surface area contributed by atoms with Crippen molar-refractivity contribution < 1.29 is 9.47 Å². The van der Waals surface area contributed by atoms with Crippen LogP contribution in [0.5, 0.6) is 0 Å². The van der Waals surface area contributed by atoms with E-state index in [9.17, 15) is 0 Å². The molecule has 0 aliphatic rings. The Hall–Kier alpha value is -0.900. The standard InChI is InChI=1S/C20H36N4O2.HI/c1-5-24(6-2)17-19-11-8-7-10-18(19)16-23-20(21-3)22-12-9-13-26-15-14-25-4;/h7-8,10-11H,5-6,9,12-17H2,1-4H3,(H2,21,22,23);1H. The number of hydrogen-bond donors (Lipinski definition) is 2. The fraction of sp³-hybridized carbons (Fsp3) is 0.650. The minimum atomic E-state index is 0. The van der Waals surface area contributed by atoms with Crippen molar-refractivity contribution in [1.82, 2.24) is 15.5 Å². The molecule has 0 amide bonds. The second kappa shape index (κ2) is 17.2. The van der Waals surface area contributed by atoms with Crippen LogP contribution in [0, 0.1) is 0 Å². The number of nitrogens with one attached hydrogen (secondary N) is 2. The highest BCUT2D eigenvalue weighted by Gasteiger charge is 2.07. The number of methoxy groups -OCH3 is 1. The van der Waals surface area contributed by atoms with Crippen molar-refractivity contribution in [2.24, 2.45) is 4.99 Å². The maximum Gasteiger partial charge on any atom is 0.191 e. The van der Waals surface area contributed by atoms with Gasteiger partial charge in [-0.25, -0.2) is 0 Å². The SMILES string of the molecule is CCN(CC)Cc1ccccc1CNC(=NC)NCCCOCCOC.I. The number of halogens is 1. The molecule has 0 saturated heterocycles. The molecule has 0 aromatic heterocycles. The molecular weight excluding hydrogens is 455 g/mol. The summed E-state index contributed by atoms with van der Waals surface area (Å²) in [5, 5.41) is 6.74. The number of aliphatic imine (C=N–C) groups is 1. The Kier molecular flexibility index (Phi) is 16.6. The van der Waals surface area contributed by atoms with Crippen LogP contribution in [0.3, 0.4) is 0 Å². The average Bonchev–Trinajstić information content (AvgIpc) is 2.68. The largest absolute Gasteiger partial charge is 0.382 e. The van der Waals surface area contributed by atoms with Gasteiger partial charge in [0, 0.05) is 40.4 Å². The van der Waals surface area contributed by atoms with Crippen molar-refractivity contribution in [2.75, 3.05) is 53.6 Å². The molecule has 0 aliphatic carbocycles. The van der Waals surface area contributed by atoms with Gasteiger partial charge in [-0.1, -0.05) is 38.1 Å². The Balaban J connectivity index is 0.00000676. The molecule has 156 valence electrons. The highest BCUT2D eigenvalue weighted by Crippen LogP contribution is 2.11. The van der Waals surface area contributed by atoms with Crippen LogP contribution in [0.2, 0.25) is 0 Å². The second-order valence-electron chi connectivity index (χ2n) is 6.04. The first kappa shape index (κ1) is 26.1. The Morgan fingerprint density at radius 1 is 1.04 bits per heavy atom. The zero-order valence-electron chi connectivity index (χ0n) is 17.3. The summed E-state index contributed by atoms with van der Waals surface area (Å²) in [6.07, 6.45) is 0.933. The van der Waals surface area contributed by atoms with E-state index in [0.29, 0.717) is 13.2 Å². The quantitative estimate of drug-likeness (QED) is 0.192. The van der Waals surface area contributed by atoms with E-state index in [2.05, 4.69) is 58.6 Å². The lowest BCUT2D eigenvalue weighted by Crippen LogP contribution is -2.38. The lowest BCUT2D eigenvalue weighted by molar-refractivity contribution is 0.0698. The van der Waals surface area contributed by atoms with Gasteiger partial charge >= 0.3 is 0 Å². The molecule has 0 fully saturated rings. The van der Waals surface area contributed by atoms with Crippen LogP contribution in [0.15, 0.2) is 29.3 Å². The molecule has 0 unspecified atom stereocenters. The summed E-state index contributed by atoms with van der Waals surface area (Å²) < 4.78 is 10.4. The van der Waals surface area contributed by atoms with Crippen molar-refractivity contribution in [1.29, 1.82) is 0 Å². The van der Waals surface area contributed by atoms with Crippen molar-refractivity contribution in [3.8, 4) is 0 Å². The number of nitrogens with zero attached hydrogens (tertiary/aromatic N) is 2. The van der Waals surface area contributed by atoms with Gasteiger partial charge in [-0.05, 0) is 30.6 Å². The van der Waals surface area contributed by atoms with Crippen LogP contribution in [0.1, 0.15) is 31.4 Å². The molecule has 1 aromatic rings. The van der Waals surface area contributed by atoms with E-state index in [-0.39, 0.29) is 24.0 Å². The van der Waals surface area contributed by atoms with E-state index in [1.807, 2.05) is 0 Å². The van der Waals surface area contributed by atoms with Crippen LogP contribution < -0.4 is 10.6 Å². The van der Waals surface area contributed by atoms with Gasteiger partial charge in [0.25, 0.3) is 0 Å². The molecular formula is C20H37IN4O2. The molecule has 0 bridgehead atoms. The highest BCUT2D eigenvalue weighted by atomic mass is 127. The molecule has 0 atom stereocenters. The third kappa shape index (κ3) is 11.5. The summed E-state index contributed by atoms with van der Waals surface area (Å²) in [6.45, 7) is 11.1. The predicted molar refractivity (Wildman–Crippen MR) is 124 cm³/mol. The maximum absolute atomic E-state index is 5.46. The van der Waals surface area contributed by atoms with Gasteiger partial charge in [0.15, 0.2) is 5.96 Å². The van der Waals surface area contributed by atoms with Crippen molar-refractivity contribution in [3.63, 3.8) is 0 Å². The molecule has 0 saturated carbocycles. The third-order valence-electron chi connectivity index (χ3n) is 4.27. The van der Waals surface area contributed by atoms with Gasteiger partial charge in [0.2, 0.25) is 0 Å². The summed E-state index contributed by atoms with van der Waals surface area (Å²) in [5.74, 6) is 0.819. The lowest BCUT2D eigenvalue weighted by atomic mass is 10.1. The molecule has 6 nitrogen and oxygen atoms in total. The minimum Gasteiger partial charge on any atom is -0.382 e. The Morgan fingerprint density at radius 3 is 2.37 bits per heavy atom. The van der Waals surface area contributed by atoms with E-state index in [4.69, 9.17) is 9.47 Å². The Morgan fingerprint density at radius 2 is 1.74 bits per heavy atom. The van der Waals surface area contributed by atoms with E-state index in [0.717, 1.165) is 51.7 Å². The van der Waals surface area contributed by atoms with E-state index < -0.39 is 0 Å². The summed E-state index contributed by atoms with van der Waals surface area (Å²) in [4.78, 5) is 6.72. The first-order chi connectivity index (χ1) is 12.7. The topological polar surface area (TPSA) is 58.1 Å². The van der Waals surface area contributed by atoms with E-state index in [1.54, 1.807) is 14.2 Å². The summed E-state index contributed by atoms with van der Waals surface area (Å²) in [5.41, 5.74) is 2.68. The molecule has 2 N–H and O–H groups in total. The van der Waals surface area contributed by atoms with Gasteiger partial charge in [0.1, 0.15) is 0 Å².